The molecule has 1 saturated heterocycles. The van der Waals surface area contributed by atoms with Crippen LogP contribution in [0.15, 0.2) is 35.1 Å². The Kier molecular flexibility index (Phi) is 6.59. The highest BCUT2D eigenvalue weighted by molar-refractivity contribution is 5.94. The maximum atomic E-state index is 12.9. The normalized spacial score (nSPS) is 14.5. The molecule has 1 aromatic heterocycles. The fourth-order valence-electron chi connectivity index (χ4n) is 3.73. The number of aryl methyl sites for hydroxylation is 1. The predicted molar refractivity (Wildman–Crippen MR) is 115 cm³/mol. The molecule has 0 atom stereocenters. The zero-order valence-corrected chi connectivity index (χ0v) is 18.0. The molecule has 7 nitrogen and oxygen atoms in total. The Labute approximate surface area is 176 Å². The van der Waals surface area contributed by atoms with Gasteiger partial charge < -0.3 is 19.5 Å². The molecule has 0 radical (unpaired) electrons. The van der Waals surface area contributed by atoms with E-state index < -0.39 is 0 Å². The van der Waals surface area contributed by atoms with Gasteiger partial charge in [0.15, 0.2) is 0 Å². The van der Waals surface area contributed by atoms with Gasteiger partial charge in [-0.15, -0.1) is 0 Å². The van der Waals surface area contributed by atoms with Crippen LogP contribution in [-0.4, -0.2) is 41.5 Å². The lowest BCUT2D eigenvalue weighted by Crippen LogP contribution is -2.44. The summed E-state index contributed by atoms with van der Waals surface area (Å²) in [5, 5.41) is 2.98. The van der Waals surface area contributed by atoms with E-state index in [0.717, 1.165) is 22.6 Å². The van der Waals surface area contributed by atoms with E-state index in [-0.39, 0.29) is 28.9 Å². The van der Waals surface area contributed by atoms with Gasteiger partial charge in [0.05, 0.1) is 7.11 Å². The van der Waals surface area contributed by atoms with Gasteiger partial charge in [0.1, 0.15) is 11.3 Å². The highest BCUT2D eigenvalue weighted by Gasteiger charge is 2.29. The number of hydrogen-bond acceptors (Lipinski definition) is 4. The summed E-state index contributed by atoms with van der Waals surface area (Å²) in [5.41, 5.74) is 2.69. The van der Waals surface area contributed by atoms with Gasteiger partial charge in [0, 0.05) is 38.3 Å². The van der Waals surface area contributed by atoms with Crippen molar-refractivity contribution in [3.8, 4) is 5.75 Å². The first-order valence-electron chi connectivity index (χ1n) is 10.2. The van der Waals surface area contributed by atoms with Crippen LogP contribution in [0, 0.1) is 19.8 Å². The lowest BCUT2D eigenvalue weighted by Gasteiger charge is -2.31. The van der Waals surface area contributed by atoms with Crippen molar-refractivity contribution in [2.45, 2.75) is 33.2 Å². The molecule has 3 rings (SSSR count). The minimum atomic E-state index is -0.276. The summed E-state index contributed by atoms with van der Waals surface area (Å²) in [4.78, 5) is 39.6. The molecule has 2 aromatic rings. The first-order chi connectivity index (χ1) is 14.3. The molecule has 0 saturated carbocycles. The fourth-order valence-corrected chi connectivity index (χ4v) is 3.73. The van der Waals surface area contributed by atoms with Gasteiger partial charge in [-0.05, 0) is 56.0 Å². The van der Waals surface area contributed by atoms with Crippen LogP contribution in [0.3, 0.4) is 0 Å². The lowest BCUT2D eigenvalue weighted by molar-refractivity contribution is -0.126. The van der Waals surface area contributed by atoms with Crippen molar-refractivity contribution in [3.63, 3.8) is 0 Å². The summed E-state index contributed by atoms with van der Waals surface area (Å²) in [6.45, 7) is 5.15. The monoisotopic (exact) mass is 411 g/mol. The van der Waals surface area contributed by atoms with Crippen LogP contribution in [0.25, 0.3) is 0 Å². The molecule has 0 aliphatic carbocycles. The van der Waals surface area contributed by atoms with E-state index in [0.29, 0.717) is 32.5 Å². The van der Waals surface area contributed by atoms with Crippen molar-refractivity contribution in [3.05, 3.63) is 63.1 Å². The smallest absolute Gasteiger partial charge is 0.263 e. The van der Waals surface area contributed by atoms with Crippen molar-refractivity contribution in [2.75, 3.05) is 20.2 Å². The van der Waals surface area contributed by atoms with Gasteiger partial charge in [-0.3, -0.25) is 14.4 Å². The van der Waals surface area contributed by atoms with Gasteiger partial charge in [-0.1, -0.05) is 12.1 Å². The summed E-state index contributed by atoms with van der Waals surface area (Å²) < 4.78 is 6.65. The average Bonchev–Trinajstić information content (AvgIpc) is 2.78. The van der Waals surface area contributed by atoms with Crippen LogP contribution in [0.4, 0.5) is 0 Å². The van der Waals surface area contributed by atoms with Crippen LogP contribution in [0.1, 0.15) is 40.0 Å². The summed E-state index contributed by atoms with van der Waals surface area (Å²) in [5.74, 6) is 0.395. The minimum absolute atomic E-state index is 0.0000104. The second kappa shape index (κ2) is 9.15. The third-order valence-corrected chi connectivity index (χ3v) is 5.98. The van der Waals surface area contributed by atoms with E-state index in [1.54, 1.807) is 25.1 Å². The van der Waals surface area contributed by atoms with E-state index >= 15 is 0 Å². The third-order valence-electron chi connectivity index (χ3n) is 5.98. The standard InChI is InChI=1S/C23H29N3O4/c1-15-13-20(22(28)25(3)16(15)2)23(29)26-11-9-18(10-12-26)21(27)24-14-17-5-7-19(30-4)8-6-17/h5-8,13,18H,9-12,14H2,1-4H3,(H,24,27). The number of ether oxygens (including phenoxy) is 1. The minimum Gasteiger partial charge on any atom is -0.497 e. The molecule has 7 heteroatoms. The van der Waals surface area contributed by atoms with Crippen molar-refractivity contribution in [1.82, 2.24) is 14.8 Å². The van der Waals surface area contributed by atoms with E-state index in [1.165, 1.54) is 4.57 Å². The Balaban J connectivity index is 1.56. The van der Waals surface area contributed by atoms with Crippen molar-refractivity contribution < 1.29 is 14.3 Å². The number of nitrogens with one attached hydrogen (secondary N) is 1. The zero-order chi connectivity index (χ0) is 21.8. The van der Waals surface area contributed by atoms with Crippen LogP contribution in [-0.2, 0) is 18.4 Å². The number of carbonyl (C=O) groups excluding carboxylic acids is 2. The van der Waals surface area contributed by atoms with Crippen LogP contribution in [0.5, 0.6) is 5.75 Å². The van der Waals surface area contributed by atoms with Crippen molar-refractivity contribution >= 4 is 11.8 Å². The third kappa shape index (κ3) is 4.56. The maximum absolute atomic E-state index is 12.9. The van der Waals surface area contributed by atoms with E-state index in [9.17, 15) is 14.4 Å². The molecule has 160 valence electrons. The number of likely N-dealkylation sites (tertiary alicyclic amines) is 1. The Hall–Kier alpha value is -3.09. The number of aromatic nitrogens is 1. The highest BCUT2D eigenvalue weighted by atomic mass is 16.5. The first-order valence-corrected chi connectivity index (χ1v) is 10.2. The Morgan fingerprint density at radius 3 is 2.37 bits per heavy atom. The highest BCUT2D eigenvalue weighted by Crippen LogP contribution is 2.20. The number of amides is 2. The maximum Gasteiger partial charge on any atom is 0.263 e. The number of benzene rings is 1. The van der Waals surface area contributed by atoms with Gasteiger partial charge >= 0.3 is 0 Å². The topological polar surface area (TPSA) is 80.6 Å². The molecule has 2 amide bonds. The predicted octanol–water partition coefficient (Wildman–Crippen LogP) is 2.18. The van der Waals surface area contributed by atoms with Crippen molar-refractivity contribution in [2.24, 2.45) is 13.0 Å². The Morgan fingerprint density at radius 1 is 1.13 bits per heavy atom. The van der Waals surface area contributed by atoms with Crippen LogP contribution >= 0.6 is 0 Å². The summed E-state index contributed by atoms with van der Waals surface area (Å²) in [6.07, 6.45) is 1.18. The summed E-state index contributed by atoms with van der Waals surface area (Å²) in [6, 6.07) is 9.24. The number of carbonyl (C=O) groups is 2. The van der Waals surface area contributed by atoms with Gasteiger partial charge in [0.2, 0.25) is 5.91 Å². The second-order valence-electron chi connectivity index (χ2n) is 7.82. The van der Waals surface area contributed by atoms with Gasteiger partial charge in [0.25, 0.3) is 11.5 Å². The van der Waals surface area contributed by atoms with E-state index in [1.807, 2.05) is 38.1 Å². The van der Waals surface area contributed by atoms with E-state index in [4.69, 9.17) is 4.74 Å². The quantitative estimate of drug-likeness (QED) is 0.818. The molecule has 2 heterocycles. The Bertz CT molecular complexity index is 987. The summed E-state index contributed by atoms with van der Waals surface area (Å²) in [7, 11) is 3.30. The molecule has 1 N–H and O–H groups in total. The number of rotatable bonds is 5. The summed E-state index contributed by atoms with van der Waals surface area (Å²) >= 11 is 0. The molecule has 30 heavy (non-hydrogen) atoms. The molecule has 0 spiro atoms. The molecule has 0 unspecified atom stereocenters. The largest absolute Gasteiger partial charge is 0.497 e. The molecular weight excluding hydrogens is 382 g/mol. The number of pyridine rings is 1. The second-order valence-corrected chi connectivity index (χ2v) is 7.82. The fraction of sp³-hybridized carbons (Fsp3) is 0.435. The van der Waals surface area contributed by atoms with Gasteiger partial charge in [-0.2, -0.15) is 0 Å². The molecule has 0 bridgehead atoms. The number of hydrogen-bond donors (Lipinski definition) is 1. The molecular formula is C23H29N3O4. The van der Waals surface area contributed by atoms with Crippen molar-refractivity contribution in [1.29, 1.82) is 0 Å². The van der Waals surface area contributed by atoms with Crippen LogP contribution < -0.4 is 15.6 Å². The zero-order valence-electron chi connectivity index (χ0n) is 18.0. The SMILES string of the molecule is COc1ccc(CNC(=O)C2CCN(C(=O)c3cc(C)c(C)n(C)c3=O)CC2)cc1. The molecule has 1 aliphatic rings. The molecule has 1 fully saturated rings. The first kappa shape index (κ1) is 21.6. The Morgan fingerprint density at radius 2 is 1.77 bits per heavy atom. The molecule has 1 aromatic carbocycles. The number of piperidine rings is 1. The average molecular weight is 412 g/mol. The molecule has 1 aliphatic heterocycles. The van der Waals surface area contributed by atoms with Crippen LogP contribution in [0.2, 0.25) is 0 Å². The van der Waals surface area contributed by atoms with Gasteiger partial charge in [-0.25, -0.2) is 0 Å². The lowest BCUT2D eigenvalue weighted by atomic mass is 9.95. The van der Waals surface area contributed by atoms with E-state index in [2.05, 4.69) is 5.32 Å². The number of methoxy groups -OCH3 is 1. The number of nitrogens with zero attached hydrogens (tertiary/aromatic N) is 2.